The van der Waals surface area contributed by atoms with Crippen LogP contribution in [0.4, 0.5) is 0 Å². The first-order chi connectivity index (χ1) is 26.2. The molecule has 1 unspecified atom stereocenters. The molecule has 9 nitrogen and oxygen atoms in total. The monoisotopic (exact) mass is 779 g/mol. The summed E-state index contributed by atoms with van der Waals surface area (Å²) in [4.78, 5) is 42.8. The lowest BCUT2D eigenvalue weighted by Gasteiger charge is -2.18. The topological polar surface area (TPSA) is 140 Å². The van der Waals surface area contributed by atoms with Gasteiger partial charge in [0.15, 0.2) is 6.10 Å². The molecule has 54 heavy (non-hydrogen) atoms. The molecule has 0 radical (unpaired) electrons. The van der Waals surface area contributed by atoms with Crippen molar-refractivity contribution in [3.8, 4) is 0 Å². The molecule has 0 aromatic rings. The van der Waals surface area contributed by atoms with E-state index in [0.29, 0.717) is 25.7 Å². The van der Waals surface area contributed by atoms with Gasteiger partial charge in [-0.2, -0.15) is 0 Å². The highest BCUT2D eigenvalue weighted by molar-refractivity contribution is 7.46. The van der Waals surface area contributed by atoms with Crippen LogP contribution in [-0.4, -0.2) is 52.3 Å². The van der Waals surface area contributed by atoms with Crippen LogP contribution in [0, 0.1) is 0 Å². The van der Waals surface area contributed by atoms with Crippen molar-refractivity contribution in [1.82, 2.24) is 0 Å². The molecule has 3 N–H and O–H groups in total. The number of carbonyl (C=O) groups excluding carboxylic acids is 2. The highest BCUT2D eigenvalue weighted by Crippen LogP contribution is 2.36. The van der Waals surface area contributed by atoms with Gasteiger partial charge in [0.2, 0.25) is 0 Å². The molecule has 0 aromatic carbocycles. The fourth-order valence-electron chi connectivity index (χ4n) is 5.48. The molecule has 10 heteroatoms. The van der Waals surface area contributed by atoms with E-state index < -0.39 is 38.6 Å². The Morgan fingerprint density at radius 3 is 1.69 bits per heavy atom. The van der Waals surface area contributed by atoms with E-state index in [-0.39, 0.29) is 19.4 Å². The van der Waals surface area contributed by atoms with Gasteiger partial charge in [-0.1, -0.05) is 183 Å². The largest absolute Gasteiger partial charge is 0.469 e. The molecule has 0 spiro atoms. The number of unbranched alkanes of at least 4 members (excludes halogenated alkanes) is 15. The van der Waals surface area contributed by atoms with Gasteiger partial charge in [0.25, 0.3) is 0 Å². The molecule has 2 atom stereocenters. The number of hydrogen-bond acceptors (Lipinski definition) is 7. The number of ether oxygens (including phenoxy) is 2. The molecule has 0 amide bonds. The summed E-state index contributed by atoms with van der Waals surface area (Å²) < 4.78 is 26.3. The summed E-state index contributed by atoms with van der Waals surface area (Å²) in [6.07, 6.45) is 46.6. The molecular formula is C44H75O9P. The first-order valence-corrected chi connectivity index (χ1v) is 22.4. The Hall–Kier alpha value is -2.55. The summed E-state index contributed by atoms with van der Waals surface area (Å²) in [6, 6.07) is 0. The Labute approximate surface area is 328 Å². The minimum absolute atomic E-state index is 0.117. The van der Waals surface area contributed by atoms with E-state index in [4.69, 9.17) is 19.3 Å². The van der Waals surface area contributed by atoms with Gasteiger partial charge in [0.05, 0.1) is 12.7 Å². The molecule has 0 saturated carbocycles. The van der Waals surface area contributed by atoms with Crippen molar-refractivity contribution in [3.05, 3.63) is 72.9 Å². The third kappa shape index (κ3) is 40.6. The van der Waals surface area contributed by atoms with Crippen molar-refractivity contribution in [3.63, 3.8) is 0 Å². The third-order valence-electron chi connectivity index (χ3n) is 8.58. The van der Waals surface area contributed by atoms with Gasteiger partial charge in [0.1, 0.15) is 6.61 Å². The SMILES string of the molecule is CC/C=C\C/C=C\CC(O)/C=C/C=C\C/C=C\C/C=C\CCC(=O)OC[C@H](COP(=O)(O)O)OC(=O)CCCCCCCCCCCCCCCCCC. The average Bonchev–Trinajstić information content (AvgIpc) is 3.14. The quantitative estimate of drug-likeness (QED) is 0.0185. The zero-order valence-corrected chi connectivity index (χ0v) is 34.6. The smallest absolute Gasteiger partial charge is 0.462 e. The Kier molecular flexibility index (Phi) is 36.9. The second kappa shape index (κ2) is 38.7. The molecule has 0 aliphatic carbocycles. The van der Waals surface area contributed by atoms with Crippen LogP contribution in [-0.2, 0) is 28.2 Å². The van der Waals surface area contributed by atoms with Gasteiger partial charge in [-0.15, -0.1) is 0 Å². The summed E-state index contributed by atoms with van der Waals surface area (Å²) >= 11 is 0. The number of allylic oxidation sites excluding steroid dienone is 10. The number of phosphoric acid groups is 1. The van der Waals surface area contributed by atoms with Crippen LogP contribution in [0.25, 0.3) is 0 Å². The molecule has 0 rings (SSSR count). The molecule has 310 valence electrons. The fraction of sp³-hybridized carbons (Fsp3) is 0.682. The second-order valence-corrected chi connectivity index (χ2v) is 15.0. The summed E-state index contributed by atoms with van der Waals surface area (Å²) in [5.41, 5.74) is 0. The molecule has 0 aromatic heterocycles. The summed E-state index contributed by atoms with van der Waals surface area (Å²) in [7, 11) is -4.78. The van der Waals surface area contributed by atoms with E-state index in [9.17, 15) is 19.3 Å². The van der Waals surface area contributed by atoms with Crippen molar-refractivity contribution in [2.45, 2.75) is 180 Å². The van der Waals surface area contributed by atoms with Crippen LogP contribution < -0.4 is 0 Å². The standard InChI is InChI=1S/C44H75O9P/c1-3-5-7-9-11-12-13-14-15-16-17-18-23-26-30-34-38-44(47)53-42(40-52-54(48,49)50)39-51-43(46)37-33-29-25-22-20-19-21-24-28-32-36-41(45)35-31-27-10-8-6-4-2/h6,8,19-20,24-25,27-29,31-32,36,41-42,45H,3-5,7,9-18,21-23,26,30,33-35,37-40H2,1-2H3,(H2,48,49,50)/b8-6-,20-19-,28-24-,29-25-,31-27-,36-32+/t41?,42-/m1/s1. The zero-order chi connectivity index (χ0) is 39.8. The van der Waals surface area contributed by atoms with Gasteiger partial charge < -0.3 is 24.4 Å². The molecule has 0 bridgehead atoms. The highest BCUT2D eigenvalue weighted by Gasteiger charge is 2.22. The van der Waals surface area contributed by atoms with Crippen LogP contribution in [0.3, 0.4) is 0 Å². The number of phosphoric ester groups is 1. The molecule has 0 heterocycles. The molecule has 0 aliphatic rings. The Balaban J connectivity index is 4.11. The third-order valence-corrected chi connectivity index (χ3v) is 9.07. The normalized spacial score (nSPS) is 13.8. The summed E-state index contributed by atoms with van der Waals surface area (Å²) in [6.45, 7) is 3.44. The number of aliphatic hydroxyl groups is 1. The average molecular weight is 779 g/mol. The first kappa shape index (κ1) is 51.5. The molecule has 0 saturated heterocycles. The van der Waals surface area contributed by atoms with Gasteiger partial charge in [-0.3, -0.25) is 14.1 Å². The Bertz CT molecular complexity index is 1120. The Morgan fingerprint density at radius 1 is 0.593 bits per heavy atom. The fourth-order valence-corrected chi connectivity index (χ4v) is 5.84. The minimum atomic E-state index is -4.78. The maximum atomic E-state index is 12.4. The van der Waals surface area contributed by atoms with Crippen molar-refractivity contribution in [2.75, 3.05) is 13.2 Å². The van der Waals surface area contributed by atoms with Gasteiger partial charge in [0, 0.05) is 12.8 Å². The predicted octanol–water partition coefficient (Wildman–Crippen LogP) is 11.7. The summed E-state index contributed by atoms with van der Waals surface area (Å²) in [5, 5.41) is 9.97. The van der Waals surface area contributed by atoms with Crippen LogP contribution in [0.2, 0.25) is 0 Å². The number of rotatable bonds is 37. The maximum Gasteiger partial charge on any atom is 0.469 e. The van der Waals surface area contributed by atoms with Crippen LogP contribution in [0.5, 0.6) is 0 Å². The number of esters is 2. The van der Waals surface area contributed by atoms with Crippen molar-refractivity contribution in [1.29, 1.82) is 0 Å². The summed E-state index contributed by atoms with van der Waals surface area (Å²) in [5.74, 6) is -1.01. The van der Waals surface area contributed by atoms with Gasteiger partial charge in [-0.25, -0.2) is 4.57 Å². The second-order valence-electron chi connectivity index (χ2n) is 13.8. The van der Waals surface area contributed by atoms with Crippen molar-refractivity contribution < 1.29 is 43.0 Å². The lowest BCUT2D eigenvalue weighted by Crippen LogP contribution is -2.29. The van der Waals surface area contributed by atoms with E-state index in [1.165, 1.54) is 77.0 Å². The van der Waals surface area contributed by atoms with Crippen LogP contribution in [0.1, 0.15) is 168 Å². The number of carbonyl (C=O) groups is 2. The maximum absolute atomic E-state index is 12.4. The zero-order valence-electron chi connectivity index (χ0n) is 33.7. The van der Waals surface area contributed by atoms with E-state index in [2.05, 4.69) is 36.6 Å². The molecular weight excluding hydrogens is 703 g/mol. The first-order valence-electron chi connectivity index (χ1n) is 20.8. The van der Waals surface area contributed by atoms with Crippen molar-refractivity contribution >= 4 is 19.8 Å². The Morgan fingerprint density at radius 2 is 1.11 bits per heavy atom. The minimum Gasteiger partial charge on any atom is -0.462 e. The van der Waals surface area contributed by atoms with E-state index in [1.807, 2.05) is 48.6 Å². The van der Waals surface area contributed by atoms with Gasteiger partial charge in [-0.05, 0) is 44.9 Å². The molecule has 0 fully saturated rings. The predicted molar refractivity (Wildman–Crippen MR) is 222 cm³/mol. The van der Waals surface area contributed by atoms with Crippen LogP contribution >= 0.6 is 7.82 Å². The number of aliphatic hydroxyl groups excluding tert-OH is 1. The molecule has 0 aliphatic heterocycles. The highest BCUT2D eigenvalue weighted by atomic mass is 31.2. The number of hydrogen-bond donors (Lipinski definition) is 3. The lowest BCUT2D eigenvalue weighted by molar-refractivity contribution is -0.161. The van der Waals surface area contributed by atoms with Gasteiger partial charge >= 0.3 is 19.8 Å². The van der Waals surface area contributed by atoms with E-state index in [1.54, 1.807) is 6.08 Å². The van der Waals surface area contributed by atoms with E-state index in [0.717, 1.165) is 38.5 Å². The van der Waals surface area contributed by atoms with E-state index >= 15 is 0 Å². The van der Waals surface area contributed by atoms with Crippen LogP contribution in [0.15, 0.2) is 72.9 Å². The van der Waals surface area contributed by atoms with Crippen molar-refractivity contribution in [2.24, 2.45) is 0 Å². The lowest BCUT2D eigenvalue weighted by atomic mass is 10.0.